The second-order valence-corrected chi connectivity index (χ2v) is 6.69. The summed E-state index contributed by atoms with van der Waals surface area (Å²) in [5, 5.41) is 1.14. The van der Waals surface area contributed by atoms with Crippen molar-refractivity contribution in [2.75, 3.05) is 0 Å². The maximum Gasteiger partial charge on any atom is 0.573 e. The summed E-state index contributed by atoms with van der Waals surface area (Å²) < 4.78 is 40.9. The molecule has 8 heteroatoms. The van der Waals surface area contributed by atoms with Gasteiger partial charge in [-0.3, -0.25) is 15.0 Å². The first-order valence-corrected chi connectivity index (χ1v) is 8.04. The molecule has 0 heterocycles. The van der Waals surface area contributed by atoms with Crippen LogP contribution < -0.4 is 10.2 Å². The topological polar surface area (TPSA) is 58.6 Å². The minimum Gasteiger partial charge on any atom is -0.406 e. The van der Waals surface area contributed by atoms with Gasteiger partial charge in [0.15, 0.2) is 0 Å². The van der Waals surface area contributed by atoms with Crippen LogP contribution in [0.1, 0.15) is 41.5 Å². The number of nitrogens with zero attached hydrogens (tertiary/aromatic N) is 1. The SMILES string of the molecule is CC(C)(C)N(NC(=O)c1cccc(OC(F)(F)F)c1)C(=O)c1ccccc1. The van der Waals surface area contributed by atoms with E-state index in [0.29, 0.717) is 5.56 Å². The molecule has 0 bridgehead atoms. The van der Waals surface area contributed by atoms with Gasteiger partial charge < -0.3 is 4.74 Å². The molecule has 2 aromatic carbocycles. The molecule has 0 saturated carbocycles. The summed E-state index contributed by atoms with van der Waals surface area (Å²) in [6.07, 6.45) is -4.87. The predicted molar refractivity (Wildman–Crippen MR) is 93.0 cm³/mol. The highest BCUT2D eigenvalue weighted by atomic mass is 19.4. The highest BCUT2D eigenvalue weighted by Crippen LogP contribution is 2.23. The van der Waals surface area contributed by atoms with E-state index in [1.165, 1.54) is 12.1 Å². The van der Waals surface area contributed by atoms with Crippen molar-refractivity contribution in [3.8, 4) is 5.75 Å². The van der Waals surface area contributed by atoms with Crippen molar-refractivity contribution in [1.29, 1.82) is 0 Å². The van der Waals surface area contributed by atoms with Crippen LogP contribution in [0.5, 0.6) is 5.75 Å². The molecule has 0 aliphatic heterocycles. The summed E-state index contributed by atoms with van der Waals surface area (Å²) in [5.41, 5.74) is 1.98. The maximum absolute atomic E-state index is 12.8. The molecule has 27 heavy (non-hydrogen) atoms. The van der Waals surface area contributed by atoms with Crippen molar-refractivity contribution in [2.45, 2.75) is 32.7 Å². The lowest BCUT2D eigenvalue weighted by atomic mass is 10.1. The van der Waals surface area contributed by atoms with Gasteiger partial charge in [-0.05, 0) is 51.1 Å². The van der Waals surface area contributed by atoms with Gasteiger partial charge in [0.05, 0.1) is 5.54 Å². The number of benzene rings is 2. The lowest BCUT2D eigenvalue weighted by Crippen LogP contribution is -2.55. The Morgan fingerprint density at radius 3 is 2.07 bits per heavy atom. The third kappa shape index (κ3) is 5.73. The zero-order chi connectivity index (χ0) is 20.2. The van der Waals surface area contributed by atoms with Gasteiger partial charge in [0, 0.05) is 11.1 Å². The quantitative estimate of drug-likeness (QED) is 0.813. The van der Waals surface area contributed by atoms with Crippen LogP contribution in [0.3, 0.4) is 0 Å². The summed E-state index contributed by atoms with van der Waals surface area (Å²) in [6.45, 7) is 5.16. The van der Waals surface area contributed by atoms with E-state index in [9.17, 15) is 22.8 Å². The fraction of sp³-hybridized carbons (Fsp3) is 0.263. The van der Waals surface area contributed by atoms with Gasteiger partial charge in [-0.15, -0.1) is 13.2 Å². The maximum atomic E-state index is 12.8. The smallest absolute Gasteiger partial charge is 0.406 e. The first kappa shape index (κ1) is 20.3. The van der Waals surface area contributed by atoms with E-state index < -0.39 is 29.5 Å². The largest absolute Gasteiger partial charge is 0.573 e. The van der Waals surface area contributed by atoms with E-state index in [1.54, 1.807) is 51.1 Å². The van der Waals surface area contributed by atoms with Crippen LogP contribution in [0.15, 0.2) is 54.6 Å². The van der Waals surface area contributed by atoms with Crippen molar-refractivity contribution in [3.05, 3.63) is 65.7 Å². The number of amides is 2. The molecule has 0 saturated heterocycles. The molecule has 0 aliphatic carbocycles. The summed E-state index contributed by atoms with van der Waals surface area (Å²) in [4.78, 5) is 25.3. The second-order valence-electron chi connectivity index (χ2n) is 6.69. The zero-order valence-electron chi connectivity index (χ0n) is 15.0. The number of nitrogens with one attached hydrogen (secondary N) is 1. The van der Waals surface area contributed by atoms with Crippen LogP contribution in [0, 0.1) is 0 Å². The van der Waals surface area contributed by atoms with Gasteiger partial charge in [0.2, 0.25) is 0 Å². The highest BCUT2D eigenvalue weighted by Gasteiger charge is 2.32. The monoisotopic (exact) mass is 380 g/mol. The van der Waals surface area contributed by atoms with Crippen LogP contribution in [0.4, 0.5) is 13.2 Å². The Kier molecular flexibility index (Phi) is 5.78. The average molecular weight is 380 g/mol. The van der Waals surface area contributed by atoms with Crippen molar-refractivity contribution in [1.82, 2.24) is 10.4 Å². The predicted octanol–water partition coefficient (Wildman–Crippen LogP) is 4.17. The van der Waals surface area contributed by atoms with Gasteiger partial charge in [-0.25, -0.2) is 5.01 Å². The Morgan fingerprint density at radius 1 is 0.926 bits per heavy atom. The molecule has 2 aromatic rings. The standard InChI is InChI=1S/C19H19F3N2O3/c1-18(2,3)24(17(26)13-8-5-4-6-9-13)23-16(25)14-10-7-11-15(12-14)27-19(20,21)22/h4-12H,1-3H3,(H,23,25). The normalized spacial score (nSPS) is 11.6. The second kappa shape index (κ2) is 7.69. The number of rotatable bonds is 3. The van der Waals surface area contributed by atoms with Crippen molar-refractivity contribution in [3.63, 3.8) is 0 Å². The number of hydrazine groups is 1. The molecule has 144 valence electrons. The molecule has 0 radical (unpaired) electrons. The molecule has 0 fully saturated rings. The molecule has 1 N–H and O–H groups in total. The number of hydrogen-bond donors (Lipinski definition) is 1. The fourth-order valence-electron chi connectivity index (χ4n) is 2.23. The molecule has 2 rings (SSSR count). The Labute approximate surface area is 154 Å². The first-order chi connectivity index (χ1) is 12.5. The average Bonchev–Trinajstić information content (AvgIpc) is 2.57. The number of carbonyl (C=O) groups excluding carboxylic acids is 2. The van der Waals surface area contributed by atoms with Gasteiger partial charge in [-0.1, -0.05) is 24.3 Å². The van der Waals surface area contributed by atoms with Crippen LogP contribution in [0.25, 0.3) is 0 Å². The van der Waals surface area contributed by atoms with Crippen LogP contribution in [-0.2, 0) is 0 Å². The van der Waals surface area contributed by atoms with Gasteiger partial charge in [0.25, 0.3) is 11.8 Å². The van der Waals surface area contributed by atoms with Crippen molar-refractivity contribution in [2.24, 2.45) is 0 Å². The molecule has 0 aromatic heterocycles. The molecular formula is C19H19F3N2O3. The zero-order valence-corrected chi connectivity index (χ0v) is 15.0. The van der Waals surface area contributed by atoms with Gasteiger partial charge in [0.1, 0.15) is 5.75 Å². The number of ether oxygens (including phenoxy) is 1. The van der Waals surface area contributed by atoms with E-state index in [4.69, 9.17) is 0 Å². The van der Waals surface area contributed by atoms with Gasteiger partial charge >= 0.3 is 6.36 Å². The van der Waals surface area contributed by atoms with Gasteiger partial charge in [-0.2, -0.15) is 0 Å². The summed E-state index contributed by atoms with van der Waals surface area (Å²) in [5.74, 6) is -1.70. The molecule has 0 spiro atoms. The van der Waals surface area contributed by atoms with Crippen LogP contribution in [-0.4, -0.2) is 28.7 Å². The summed E-state index contributed by atoms with van der Waals surface area (Å²) in [7, 11) is 0. The van der Waals surface area contributed by atoms with E-state index in [1.807, 2.05) is 0 Å². The fourth-order valence-corrected chi connectivity index (χ4v) is 2.23. The summed E-state index contributed by atoms with van der Waals surface area (Å²) in [6, 6.07) is 13.0. The highest BCUT2D eigenvalue weighted by molar-refractivity contribution is 5.99. The number of carbonyl (C=O) groups is 2. The van der Waals surface area contributed by atoms with Crippen molar-refractivity contribution >= 4 is 11.8 Å². The minimum absolute atomic E-state index is 0.0770. The molecule has 5 nitrogen and oxygen atoms in total. The Bertz CT molecular complexity index is 815. The third-order valence-corrected chi connectivity index (χ3v) is 3.44. The van der Waals surface area contributed by atoms with Crippen LogP contribution in [0.2, 0.25) is 0 Å². The van der Waals surface area contributed by atoms with Crippen LogP contribution >= 0.6 is 0 Å². The number of alkyl halides is 3. The number of hydrogen-bond acceptors (Lipinski definition) is 3. The molecule has 0 atom stereocenters. The Balaban J connectivity index is 2.24. The molecule has 0 aliphatic rings. The lowest BCUT2D eigenvalue weighted by molar-refractivity contribution is -0.274. The minimum atomic E-state index is -4.87. The molecule has 2 amide bonds. The molecular weight excluding hydrogens is 361 g/mol. The van der Waals surface area contributed by atoms with Crippen molar-refractivity contribution < 1.29 is 27.5 Å². The first-order valence-electron chi connectivity index (χ1n) is 8.04. The van der Waals surface area contributed by atoms with E-state index in [2.05, 4.69) is 10.2 Å². The van der Waals surface area contributed by atoms with E-state index in [-0.39, 0.29) is 5.56 Å². The Hall–Kier alpha value is -3.03. The Morgan fingerprint density at radius 2 is 1.52 bits per heavy atom. The third-order valence-electron chi connectivity index (χ3n) is 3.44. The molecule has 0 unspecified atom stereocenters. The number of halogens is 3. The van der Waals surface area contributed by atoms with E-state index in [0.717, 1.165) is 17.1 Å². The lowest BCUT2D eigenvalue weighted by Gasteiger charge is -2.35. The summed E-state index contributed by atoms with van der Waals surface area (Å²) >= 11 is 0. The van der Waals surface area contributed by atoms with E-state index >= 15 is 0 Å².